The maximum Gasteiger partial charge on any atom is 0.250 e. The molecule has 3 saturated heterocycles. The summed E-state index contributed by atoms with van der Waals surface area (Å²) in [5, 5.41) is 15.6. The van der Waals surface area contributed by atoms with Gasteiger partial charge in [0.05, 0.1) is 34.8 Å². The summed E-state index contributed by atoms with van der Waals surface area (Å²) in [5.41, 5.74) is -1.08. The number of unbranched alkanes of at least 4 members (excludes halogenated alkanes) is 1. The summed E-state index contributed by atoms with van der Waals surface area (Å²) in [6.45, 7) is 6.55. The third-order valence-corrected chi connectivity index (χ3v) is 9.05. The monoisotopic (exact) mass is 569 g/mol. The summed E-state index contributed by atoms with van der Waals surface area (Å²) in [7, 11) is 0. The number of benzene rings is 2. The van der Waals surface area contributed by atoms with E-state index in [-0.39, 0.29) is 30.9 Å². The molecule has 3 amide bonds. The molecule has 1 spiro atoms. The number of halogens is 1. The van der Waals surface area contributed by atoms with Gasteiger partial charge in [0.1, 0.15) is 17.4 Å². The average molecular weight is 570 g/mol. The van der Waals surface area contributed by atoms with Crippen molar-refractivity contribution in [1.29, 1.82) is 0 Å². The van der Waals surface area contributed by atoms with Crippen LogP contribution in [-0.2, 0) is 19.1 Å². The number of aliphatic hydroxyl groups is 1. The van der Waals surface area contributed by atoms with E-state index < -0.39 is 35.0 Å². The van der Waals surface area contributed by atoms with E-state index in [0.717, 1.165) is 0 Å². The Morgan fingerprint density at radius 3 is 2.52 bits per heavy atom. The first-order chi connectivity index (χ1) is 19.2. The van der Waals surface area contributed by atoms with Gasteiger partial charge in [-0.2, -0.15) is 0 Å². The molecular weight excluding hydrogens is 534 g/mol. The smallest absolute Gasteiger partial charge is 0.250 e. The molecule has 0 saturated carbocycles. The van der Waals surface area contributed by atoms with Gasteiger partial charge in [-0.25, -0.2) is 0 Å². The molecule has 2 aromatic carbocycles. The van der Waals surface area contributed by atoms with Crippen molar-refractivity contribution in [3.63, 3.8) is 0 Å². The second kappa shape index (κ2) is 11.0. The van der Waals surface area contributed by atoms with Crippen LogP contribution in [0.4, 0.5) is 11.4 Å². The predicted molar refractivity (Wildman–Crippen MR) is 151 cm³/mol. The second-order valence-corrected chi connectivity index (χ2v) is 11.5. The summed E-state index contributed by atoms with van der Waals surface area (Å²) < 4.78 is 12.2. The molecule has 0 aliphatic carbocycles. The van der Waals surface area contributed by atoms with Crippen molar-refractivity contribution in [2.75, 3.05) is 30.4 Å². The van der Waals surface area contributed by atoms with Crippen LogP contribution < -0.4 is 15.4 Å². The highest BCUT2D eigenvalue weighted by atomic mass is 35.5. The van der Waals surface area contributed by atoms with Crippen molar-refractivity contribution in [2.45, 2.75) is 57.3 Å². The molecule has 40 heavy (non-hydrogen) atoms. The Balaban J connectivity index is 1.48. The van der Waals surface area contributed by atoms with E-state index in [1.807, 2.05) is 20.8 Å². The molecule has 3 unspecified atom stereocenters. The van der Waals surface area contributed by atoms with Gasteiger partial charge in [-0.3, -0.25) is 14.4 Å². The number of para-hydroxylation sites is 1. The van der Waals surface area contributed by atoms with Gasteiger partial charge in [-0.1, -0.05) is 30.7 Å². The van der Waals surface area contributed by atoms with E-state index in [1.54, 1.807) is 53.4 Å². The zero-order valence-electron chi connectivity index (χ0n) is 23.0. The van der Waals surface area contributed by atoms with E-state index in [9.17, 15) is 19.5 Å². The molecule has 6 atom stereocenters. The molecule has 5 rings (SSSR count). The van der Waals surface area contributed by atoms with Crippen molar-refractivity contribution >= 4 is 40.7 Å². The molecule has 2 bridgehead atoms. The molecule has 3 aliphatic heterocycles. The lowest BCUT2D eigenvalue weighted by Crippen LogP contribution is -2.54. The number of carbonyl (C=O) groups excluding carboxylic acids is 3. The summed E-state index contributed by atoms with van der Waals surface area (Å²) in [5.74, 6) is -2.01. The lowest BCUT2D eigenvalue weighted by Gasteiger charge is -2.36. The number of fused-ring (bicyclic) bond motifs is 1. The number of nitrogens with one attached hydrogen (secondary N) is 2. The third kappa shape index (κ3) is 4.63. The van der Waals surface area contributed by atoms with Gasteiger partial charge in [-0.05, 0) is 75.4 Å². The van der Waals surface area contributed by atoms with Crippen LogP contribution in [-0.4, -0.2) is 64.7 Å². The molecule has 3 heterocycles. The summed E-state index contributed by atoms with van der Waals surface area (Å²) in [6.07, 6.45) is 1.46. The van der Waals surface area contributed by atoms with Crippen molar-refractivity contribution in [3.8, 4) is 5.75 Å². The average Bonchev–Trinajstić information content (AvgIpc) is 3.43. The van der Waals surface area contributed by atoms with Crippen LogP contribution in [0.25, 0.3) is 0 Å². The molecule has 0 aromatic heterocycles. The van der Waals surface area contributed by atoms with Crippen LogP contribution in [0.2, 0.25) is 5.02 Å². The fourth-order valence-corrected chi connectivity index (χ4v) is 7.04. The first-order valence-electron chi connectivity index (χ1n) is 13.9. The first-order valence-corrected chi connectivity index (χ1v) is 14.2. The van der Waals surface area contributed by atoms with Crippen LogP contribution in [0.5, 0.6) is 5.75 Å². The topological polar surface area (TPSA) is 117 Å². The van der Waals surface area contributed by atoms with Crippen molar-refractivity contribution in [1.82, 2.24) is 4.90 Å². The van der Waals surface area contributed by atoms with Crippen LogP contribution in [0.3, 0.4) is 0 Å². The normalized spacial score (nSPS) is 30.3. The number of hydrogen-bond acceptors (Lipinski definition) is 6. The standard InChI is InChI=1S/C30H36ClN3O6/c1-4-39-20-13-11-19(12-14-20)32-26(36)23-24-28(38)34(15-7-8-16-35)25(30(24)17-18(2)29(23,3)40-30)27(37)33-22-10-6-5-9-21(22)31/h5-6,9-14,18,23-25,35H,4,7-8,15-17H2,1-3H3,(H,32,36)(H,33,37)/t18?,23-,24+,25?,29+,30?/m1/s1. The molecule has 3 fully saturated rings. The summed E-state index contributed by atoms with van der Waals surface area (Å²) in [6, 6.07) is 13.0. The van der Waals surface area contributed by atoms with Gasteiger partial charge in [0.15, 0.2) is 0 Å². The van der Waals surface area contributed by atoms with E-state index in [1.165, 1.54) is 0 Å². The highest BCUT2D eigenvalue weighted by Crippen LogP contribution is 2.65. The molecule has 10 heteroatoms. The predicted octanol–water partition coefficient (Wildman–Crippen LogP) is 4.10. The van der Waals surface area contributed by atoms with E-state index in [0.29, 0.717) is 48.0 Å². The quantitative estimate of drug-likeness (QED) is 0.371. The van der Waals surface area contributed by atoms with Crippen molar-refractivity contribution in [2.24, 2.45) is 17.8 Å². The zero-order chi connectivity index (χ0) is 28.7. The van der Waals surface area contributed by atoms with Gasteiger partial charge in [0, 0.05) is 18.8 Å². The molecule has 0 radical (unpaired) electrons. The molecule has 3 aliphatic rings. The lowest BCUT2D eigenvalue weighted by molar-refractivity contribution is -0.144. The summed E-state index contributed by atoms with van der Waals surface area (Å²) >= 11 is 6.33. The Hall–Kier alpha value is -3.14. The molecule has 9 nitrogen and oxygen atoms in total. The number of anilines is 2. The van der Waals surface area contributed by atoms with Crippen LogP contribution in [0.1, 0.15) is 40.0 Å². The number of hydrogen-bond donors (Lipinski definition) is 3. The number of aliphatic hydroxyl groups excluding tert-OH is 1. The Morgan fingerprint density at radius 1 is 1.12 bits per heavy atom. The third-order valence-electron chi connectivity index (χ3n) is 8.72. The number of carbonyl (C=O) groups is 3. The minimum Gasteiger partial charge on any atom is -0.494 e. The van der Waals surface area contributed by atoms with Gasteiger partial charge >= 0.3 is 0 Å². The number of likely N-dealkylation sites (tertiary alicyclic amines) is 1. The Bertz CT molecular complexity index is 1290. The highest BCUT2D eigenvalue weighted by molar-refractivity contribution is 6.33. The largest absolute Gasteiger partial charge is 0.494 e. The van der Waals surface area contributed by atoms with Crippen LogP contribution >= 0.6 is 11.6 Å². The van der Waals surface area contributed by atoms with Gasteiger partial charge in [0.25, 0.3) is 0 Å². The molecule has 3 N–H and O–H groups in total. The van der Waals surface area contributed by atoms with Gasteiger partial charge in [0.2, 0.25) is 17.7 Å². The van der Waals surface area contributed by atoms with Gasteiger partial charge < -0.3 is 30.1 Å². The Labute approximate surface area is 239 Å². The van der Waals surface area contributed by atoms with E-state index >= 15 is 0 Å². The van der Waals surface area contributed by atoms with Crippen LogP contribution in [0.15, 0.2) is 48.5 Å². The van der Waals surface area contributed by atoms with Crippen LogP contribution in [0, 0.1) is 17.8 Å². The summed E-state index contributed by atoms with van der Waals surface area (Å²) in [4.78, 5) is 43.5. The minimum absolute atomic E-state index is 0.0220. The molecule has 214 valence electrons. The van der Waals surface area contributed by atoms with E-state index in [2.05, 4.69) is 10.6 Å². The van der Waals surface area contributed by atoms with Crippen molar-refractivity contribution in [3.05, 3.63) is 53.6 Å². The van der Waals surface area contributed by atoms with E-state index in [4.69, 9.17) is 21.1 Å². The maximum absolute atomic E-state index is 14.1. The fraction of sp³-hybridized carbons (Fsp3) is 0.500. The SMILES string of the molecule is CCOc1ccc(NC(=O)[C@H]2[C@H]3C(=O)N(CCCCO)C(C(=O)Nc4ccccc4Cl)C34CC(C)[C@]2(C)O4)cc1. The highest BCUT2D eigenvalue weighted by Gasteiger charge is 2.79. The number of nitrogens with zero attached hydrogens (tertiary/aromatic N) is 1. The number of amides is 3. The Kier molecular flexibility index (Phi) is 7.83. The second-order valence-electron chi connectivity index (χ2n) is 11.1. The first kappa shape index (κ1) is 28.4. The number of rotatable bonds is 10. The fourth-order valence-electron chi connectivity index (χ4n) is 6.86. The minimum atomic E-state index is -1.17. The molecular formula is C30H36ClN3O6. The lowest BCUT2D eigenvalue weighted by atomic mass is 9.62. The number of ether oxygens (including phenoxy) is 2. The maximum atomic E-state index is 14.1. The zero-order valence-corrected chi connectivity index (χ0v) is 23.7. The van der Waals surface area contributed by atoms with Gasteiger partial charge in [-0.15, -0.1) is 0 Å². The van der Waals surface area contributed by atoms with Crippen molar-refractivity contribution < 1.29 is 29.0 Å². The Morgan fingerprint density at radius 2 is 1.85 bits per heavy atom. The molecule has 2 aromatic rings.